The lowest BCUT2D eigenvalue weighted by Gasteiger charge is -2.16. The number of likely N-dealkylation sites (N-methyl/N-ethyl adjacent to an activating group) is 1. The highest BCUT2D eigenvalue weighted by Gasteiger charge is 2.09. The van der Waals surface area contributed by atoms with Crippen molar-refractivity contribution in [2.45, 2.75) is 26.7 Å². The molecule has 2 N–H and O–H groups in total. The third-order valence-corrected chi connectivity index (χ3v) is 4.84. The molecule has 1 amide bonds. The second-order valence-electron chi connectivity index (χ2n) is 6.12. The third kappa shape index (κ3) is 8.96. The molecule has 0 aliphatic carbocycles. The Morgan fingerprint density at radius 1 is 1.25 bits per heavy atom. The molecule has 0 fully saturated rings. The van der Waals surface area contributed by atoms with Gasteiger partial charge in [-0.25, -0.2) is 9.98 Å². The number of amides is 1. The molecule has 0 atom stereocenters. The summed E-state index contributed by atoms with van der Waals surface area (Å²) in [5.41, 5.74) is 0.980. The Kier molecular flexibility index (Phi) is 11.7. The van der Waals surface area contributed by atoms with E-state index in [1.807, 2.05) is 31.3 Å². The van der Waals surface area contributed by atoms with E-state index >= 15 is 0 Å². The number of halogens is 1. The van der Waals surface area contributed by atoms with Crippen LogP contribution in [0.3, 0.4) is 0 Å². The number of rotatable bonds is 9. The maximum absolute atomic E-state index is 12.3. The van der Waals surface area contributed by atoms with E-state index in [2.05, 4.69) is 32.5 Å². The minimum absolute atomic E-state index is 0. The van der Waals surface area contributed by atoms with Gasteiger partial charge in [0.15, 0.2) is 5.96 Å². The van der Waals surface area contributed by atoms with Crippen molar-refractivity contribution < 1.29 is 4.79 Å². The summed E-state index contributed by atoms with van der Waals surface area (Å²) in [6.45, 7) is 6.26. The monoisotopic (exact) mass is 516 g/mol. The first-order valence-electron chi connectivity index (χ1n) is 9.16. The van der Waals surface area contributed by atoms with Crippen LogP contribution in [0.25, 0.3) is 0 Å². The topological polar surface area (TPSA) is 82.5 Å². The Labute approximate surface area is 188 Å². The highest BCUT2D eigenvalue weighted by atomic mass is 127. The lowest BCUT2D eigenvalue weighted by molar-refractivity contribution is -0.128. The summed E-state index contributed by atoms with van der Waals surface area (Å²) >= 11 is 1.70. The number of hydrogen-bond donors (Lipinski definition) is 2. The van der Waals surface area contributed by atoms with E-state index in [9.17, 15) is 4.79 Å². The first kappa shape index (κ1) is 24.3. The van der Waals surface area contributed by atoms with Crippen LogP contribution in [-0.4, -0.2) is 60.0 Å². The summed E-state index contributed by atoms with van der Waals surface area (Å²) in [7, 11) is 1.80. The van der Waals surface area contributed by atoms with Gasteiger partial charge in [0, 0.05) is 62.5 Å². The minimum atomic E-state index is -0.0151. The van der Waals surface area contributed by atoms with Crippen LogP contribution in [0.2, 0.25) is 0 Å². The molecule has 0 radical (unpaired) electrons. The van der Waals surface area contributed by atoms with E-state index in [0.29, 0.717) is 12.5 Å². The van der Waals surface area contributed by atoms with Crippen LogP contribution in [0.5, 0.6) is 0 Å². The molecule has 0 saturated heterocycles. The van der Waals surface area contributed by atoms with E-state index in [1.165, 1.54) is 4.88 Å². The first-order valence-corrected chi connectivity index (χ1v) is 9.97. The molecule has 9 heteroatoms. The van der Waals surface area contributed by atoms with E-state index < -0.39 is 0 Å². The van der Waals surface area contributed by atoms with Crippen LogP contribution in [0.15, 0.2) is 35.6 Å². The van der Waals surface area contributed by atoms with E-state index in [4.69, 9.17) is 0 Å². The normalized spacial score (nSPS) is 10.9. The smallest absolute Gasteiger partial charge is 0.244 e. The maximum Gasteiger partial charge on any atom is 0.244 e. The lowest BCUT2D eigenvalue weighted by Crippen LogP contribution is -2.39. The number of carbonyl (C=O) groups excluding carboxylic acids is 1. The quantitative estimate of drug-likeness (QED) is 0.304. The zero-order valence-corrected chi connectivity index (χ0v) is 19.8. The number of aromatic nitrogens is 2. The van der Waals surface area contributed by atoms with Gasteiger partial charge in [0.25, 0.3) is 0 Å². The van der Waals surface area contributed by atoms with Crippen LogP contribution in [0, 0.1) is 6.92 Å². The zero-order valence-electron chi connectivity index (χ0n) is 16.6. The highest BCUT2D eigenvalue weighted by molar-refractivity contribution is 14.0. The van der Waals surface area contributed by atoms with E-state index in [1.54, 1.807) is 29.5 Å². The fourth-order valence-corrected chi connectivity index (χ4v) is 3.15. The Hall–Kier alpha value is -1.75. The van der Waals surface area contributed by atoms with Gasteiger partial charge < -0.3 is 15.5 Å². The molecule has 2 heterocycles. The summed E-state index contributed by atoms with van der Waals surface area (Å²) in [5, 5.41) is 7.52. The Bertz CT molecular complexity index is 737. The van der Waals surface area contributed by atoms with Gasteiger partial charge in [-0.1, -0.05) is 6.07 Å². The lowest BCUT2D eigenvalue weighted by atomic mass is 10.2. The third-order valence-electron chi connectivity index (χ3n) is 3.87. The number of carbonyl (C=O) groups is 1. The van der Waals surface area contributed by atoms with Crippen LogP contribution in [0.4, 0.5) is 0 Å². The summed E-state index contributed by atoms with van der Waals surface area (Å²) < 4.78 is 0. The van der Waals surface area contributed by atoms with Gasteiger partial charge in [-0.05, 0) is 26.0 Å². The van der Waals surface area contributed by atoms with Gasteiger partial charge in [0.1, 0.15) is 6.54 Å². The fourth-order valence-electron chi connectivity index (χ4n) is 2.37. The van der Waals surface area contributed by atoms with Crippen molar-refractivity contribution in [3.05, 3.63) is 46.2 Å². The van der Waals surface area contributed by atoms with Crippen molar-refractivity contribution in [2.24, 2.45) is 4.99 Å². The molecule has 7 nitrogen and oxygen atoms in total. The van der Waals surface area contributed by atoms with Crippen LogP contribution < -0.4 is 10.6 Å². The maximum atomic E-state index is 12.3. The molecule has 0 aliphatic heterocycles. The van der Waals surface area contributed by atoms with Crippen molar-refractivity contribution in [1.29, 1.82) is 0 Å². The van der Waals surface area contributed by atoms with Crippen molar-refractivity contribution in [1.82, 2.24) is 25.5 Å². The SMILES string of the molecule is CCNC(=NCC(=O)N(C)CCc1ccccn1)NCCc1ncc(C)s1.I. The molecule has 0 saturated carbocycles. The molecule has 154 valence electrons. The van der Waals surface area contributed by atoms with E-state index in [-0.39, 0.29) is 36.4 Å². The van der Waals surface area contributed by atoms with Crippen molar-refractivity contribution in [3.63, 3.8) is 0 Å². The summed E-state index contributed by atoms with van der Waals surface area (Å²) in [6.07, 6.45) is 5.22. The number of nitrogens with zero attached hydrogens (tertiary/aromatic N) is 4. The summed E-state index contributed by atoms with van der Waals surface area (Å²) in [6, 6.07) is 5.81. The molecule has 0 bridgehead atoms. The first-order chi connectivity index (χ1) is 13.1. The fraction of sp³-hybridized carbons (Fsp3) is 0.474. The number of hydrogen-bond acceptors (Lipinski definition) is 5. The predicted molar refractivity (Wildman–Crippen MR) is 126 cm³/mol. The highest BCUT2D eigenvalue weighted by Crippen LogP contribution is 2.10. The molecular weight excluding hydrogens is 487 g/mol. The molecule has 2 rings (SSSR count). The van der Waals surface area contributed by atoms with Gasteiger partial charge in [-0.2, -0.15) is 0 Å². The van der Waals surface area contributed by atoms with Gasteiger partial charge in [-0.3, -0.25) is 9.78 Å². The second-order valence-corrected chi connectivity index (χ2v) is 7.44. The summed E-state index contributed by atoms with van der Waals surface area (Å²) in [5.74, 6) is 0.635. The van der Waals surface area contributed by atoms with Crippen LogP contribution in [-0.2, 0) is 17.6 Å². The molecule has 0 aliphatic rings. The van der Waals surface area contributed by atoms with Gasteiger partial charge in [0.2, 0.25) is 5.91 Å². The number of aliphatic imine (C=N–C) groups is 1. The average molecular weight is 516 g/mol. The molecule has 0 unspecified atom stereocenters. The Morgan fingerprint density at radius 2 is 2.07 bits per heavy atom. The average Bonchev–Trinajstić information content (AvgIpc) is 3.09. The number of nitrogens with one attached hydrogen (secondary N) is 2. The second kappa shape index (κ2) is 13.4. The predicted octanol–water partition coefficient (Wildman–Crippen LogP) is 2.26. The van der Waals surface area contributed by atoms with Gasteiger partial charge in [-0.15, -0.1) is 35.3 Å². The number of aryl methyl sites for hydroxylation is 1. The zero-order chi connectivity index (χ0) is 19.5. The number of pyridine rings is 1. The van der Waals surface area contributed by atoms with Crippen LogP contribution >= 0.6 is 35.3 Å². The van der Waals surface area contributed by atoms with Gasteiger partial charge >= 0.3 is 0 Å². The minimum Gasteiger partial charge on any atom is -0.357 e. The Morgan fingerprint density at radius 3 is 2.71 bits per heavy atom. The molecule has 0 aromatic carbocycles. The number of thiazole rings is 1. The molecule has 28 heavy (non-hydrogen) atoms. The van der Waals surface area contributed by atoms with Crippen molar-refractivity contribution in [3.8, 4) is 0 Å². The molecule has 2 aromatic rings. The van der Waals surface area contributed by atoms with E-state index in [0.717, 1.165) is 36.6 Å². The Balaban J connectivity index is 0.00000392. The standard InChI is InChI=1S/C19H28N6OS.HI/c1-4-20-19(22-11-8-17-23-13-15(2)27-17)24-14-18(26)25(3)12-9-16-7-5-6-10-21-16;/h5-7,10,13H,4,8-9,11-12,14H2,1-3H3,(H2,20,22,24);1H. The summed E-state index contributed by atoms with van der Waals surface area (Å²) in [4.78, 5) is 28.2. The molecule has 2 aromatic heterocycles. The molecule has 0 spiro atoms. The van der Waals surface area contributed by atoms with Crippen LogP contribution in [0.1, 0.15) is 22.5 Å². The van der Waals surface area contributed by atoms with Crippen molar-refractivity contribution in [2.75, 3.05) is 33.2 Å². The van der Waals surface area contributed by atoms with Crippen molar-refractivity contribution >= 4 is 47.2 Å². The molecular formula is C19H29IN6OS. The largest absolute Gasteiger partial charge is 0.357 e. The number of guanidine groups is 1. The van der Waals surface area contributed by atoms with Gasteiger partial charge in [0.05, 0.1) is 5.01 Å².